The minimum absolute atomic E-state index is 0.0692. The first kappa shape index (κ1) is 12.1. The normalized spacial score (nSPS) is 14.8. The number of nitrogens with one attached hydrogen (secondary N) is 2. The van der Waals surface area contributed by atoms with Crippen LogP contribution >= 0.6 is 0 Å². The van der Waals surface area contributed by atoms with Gasteiger partial charge >= 0.3 is 0 Å². The highest BCUT2D eigenvalue weighted by Crippen LogP contribution is 2.39. The van der Waals surface area contributed by atoms with Crippen LogP contribution < -0.4 is 5.32 Å². The van der Waals surface area contributed by atoms with E-state index in [-0.39, 0.29) is 12.5 Å². The predicted molar refractivity (Wildman–Crippen MR) is 69.9 cm³/mol. The second-order valence-electron chi connectivity index (χ2n) is 4.80. The first-order valence-corrected chi connectivity index (χ1v) is 6.52. The summed E-state index contributed by atoms with van der Waals surface area (Å²) in [4.78, 5) is 23.8. The number of nitrogens with zero attached hydrogens (tertiary/aromatic N) is 2. The number of hydrogen-bond acceptors (Lipinski definition) is 4. The minimum atomic E-state index is -0.179. The van der Waals surface area contributed by atoms with Crippen LogP contribution in [0.15, 0.2) is 12.4 Å². The highest BCUT2D eigenvalue weighted by molar-refractivity contribution is 6.04. The van der Waals surface area contributed by atoms with Crippen LogP contribution in [-0.4, -0.2) is 39.1 Å². The second-order valence-corrected chi connectivity index (χ2v) is 4.80. The van der Waals surface area contributed by atoms with Gasteiger partial charge in [-0.3, -0.25) is 4.79 Å². The molecule has 0 unspecified atom stereocenters. The maximum Gasteiger partial charge on any atom is 0.255 e. The van der Waals surface area contributed by atoms with E-state index in [4.69, 9.17) is 5.11 Å². The lowest BCUT2D eigenvalue weighted by molar-refractivity contribution is 0.0952. The van der Waals surface area contributed by atoms with Crippen molar-refractivity contribution in [1.29, 1.82) is 0 Å². The smallest absolute Gasteiger partial charge is 0.255 e. The maximum atomic E-state index is 12.0. The molecule has 0 saturated heterocycles. The number of carbonyl (C=O) groups is 1. The lowest BCUT2D eigenvalue weighted by Crippen LogP contribution is -2.24. The summed E-state index contributed by atoms with van der Waals surface area (Å²) in [5, 5.41) is 11.5. The molecule has 1 fully saturated rings. The number of hydrogen-bond donors (Lipinski definition) is 3. The van der Waals surface area contributed by atoms with Gasteiger partial charge in [-0.25, -0.2) is 9.97 Å². The topological polar surface area (TPSA) is 90.9 Å². The summed E-state index contributed by atoms with van der Waals surface area (Å²) in [5.41, 5.74) is 2.75. The predicted octanol–water partition coefficient (Wildman–Crippen LogP) is 0.947. The fraction of sp³-hybridized carbons (Fsp3) is 0.462. The molecule has 1 amide bonds. The summed E-state index contributed by atoms with van der Waals surface area (Å²) < 4.78 is 0. The molecule has 0 aliphatic heterocycles. The number of fused-ring (bicyclic) bond motifs is 1. The average molecular weight is 260 g/mol. The van der Waals surface area contributed by atoms with Gasteiger partial charge in [-0.1, -0.05) is 0 Å². The van der Waals surface area contributed by atoms with Crippen molar-refractivity contribution in [2.45, 2.75) is 25.2 Å². The molecule has 2 heterocycles. The Bertz CT molecular complexity index is 604. The van der Waals surface area contributed by atoms with E-state index in [0.717, 1.165) is 18.5 Å². The largest absolute Gasteiger partial charge is 0.396 e. The van der Waals surface area contributed by atoms with Crippen molar-refractivity contribution in [2.75, 3.05) is 13.2 Å². The third-order valence-corrected chi connectivity index (χ3v) is 3.26. The third kappa shape index (κ3) is 2.44. The van der Waals surface area contributed by atoms with E-state index in [1.165, 1.54) is 0 Å². The molecule has 3 rings (SSSR count). The van der Waals surface area contributed by atoms with E-state index in [1.54, 1.807) is 12.4 Å². The van der Waals surface area contributed by atoms with Crippen LogP contribution in [0.5, 0.6) is 0 Å². The third-order valence-electron chi connectivity index (χ3n) is 3.26. The van der Waals surface area contributed by atoms with Crippen LogP contribution in [0.1, 0.15) is 41.2 Å². The van der Waals surface area contributed by atoms with Gasteiger partial charge in [0.05, 0.1) is 17.5 Å². The lowest BCUT2D eigenvalue weighted by atomic mass is 10.2. The van der Waals surface area contributed by atoms with Gasteiger partial charge in [-0.15, -0.1) is 0 Å². The molecule has 6 nitrogen and oxygen atoms in total. The monoisotopic (exact) mass is 260 g/mol. The Morgan fingerprint density at radius 2 is 2.37 bits per heavy atom. The Morgan fingerprint density at radius 3 is 3.11 bits per heavy atom. The summed E-state index contributed by atoms with van der Waals surface area (Å²) in [6.45, 7) is 0.525. The molecule has 0 spiro atoms. The first-order valence-electron chi connectivity index (χ1n) is 6.52. The average Bonchev–Trinajstić information content (AvgIpc) is 3.18. The van der Waals surface area contributed by atoms with E-state index >= 15 is 0 Å². The van der Waals surface area contributed by atoms with Crippen molar-refractivity contribution >= 4 is 17.1 Å². The number of aliphatic hydroxyl groups excluding tert-OH is 1. The van der Waals surface area contributed by atoms with E-state index in [0.29, 0.717) is 35.6 Å². The van der Waals surface area contributed by atoms with Crippen molar-refractivity contribution in [3.63, 3.8) is 0 Å². The number of aliphatic hydroxyl groups is 1. The molecule has 0 bridgehead atoms. The molecule has 100 valence electrons. The van der Waals surface area contributed by atoms with Crippen LogP contribution in [0, 0.1) is 0 Å². The zero-order valence-electron chi connectivity index (χ0n) is 10.5. The Morgan fingerprint density at radius 1 is 1.53 bits per heavy atom. The van der Waals surface area contributed by atoms with Gasteiger partial charge in [0.15, 0.2) is 5.65 Å². The van der Waals surface area contributed by atoms with Crippen molar-refractivity contribution in [2.24, 2.45) is 0 Å². The molecule has 1 aliphatic carbocycles. The van der Waals surface area contributed by atoms with E-state index in [1.807, 2.05) is 0 Å². The number of H-pyrrole nitrogens is 1. The number of amides is 1. The van der Waals surface area contributed by atoms with Crippen LogP contribution in [-0.2, 0) is 0 Å². The fourth-order valence-corrected chi connectivity index (χ4v) is 2.03. The molecule has 19 heavy (non-hydrogen) atoms. The molecule has 0 aromatic carbocycles. The lowest BCUT2D eigenvalue weighted by Gasteiger charge is -2.03. The summed E-state index contributed by atoms with van der Waals surface area (Å²) in [6.07, 6.45) is 6.28. The van der Waals surface area contributed by atoms with Gasteiger partial charge in [0, 0.05) is 25.3 Å². The zero-order valence-corrected chi connectivity index (χ0v) is 10.5. The van der Waals surface area contributed by atoms with Gasteiger partial charge in [0.25, 0.3) is 5.91 Å². The highest BCUT2D eigenvalue weighted by Gasteiger charge is 2.26. The standard InChI is InChI=1S/C13H16N4O2/c18-5-1-4-14-13(19)9-6-15-12-11(9)17-10(7-16-12)8-2-3-8/h6-8,18H,1-5H2,(H,14,19)(H,15,16). The quantitative estimate of drug-likeness (QED) is 0.698. The number of carbonyl (C=O) groups excluding carboxylic acids is 1. The van der Waals surface area contributed by atoms with Gasteiger partial charge < -0.3 is 15.4 Å². The van der Waals surface area contributed by atoms with Gasteiger partial charge in [0.1, 0.15) is 5.52 Å². The Kier molecular flexibility index (Phi) is 3.16. The van der Waals surface area contributed by atoms with E-state index in [9.17, 15) is 4.79 Å². The first-order chi connectivity index (χ1) is 9.29. The summed E-state index contributed by atoms with van der Waals surface area (Å²) in [7, 11) is 0. The number of aromatic nitrogens is 3. The number of rotatable bonds is 5. The molecule has 3 N–H and O–H groups in total. The van der Waals surface area contributed by atoms with Gasteiger partial charge in [0.2, 0.25) is 0 Å². The molecule has 1 aliphatic rings. The van der Waals surface area contributed by atoms with Crippen molar-refractivity contribution in [3.8, 4) is 0 Å². The molecule has 0 atom stereocenters. The fourth-order valence-electron chi connectivity index (χ4n) is 2.03. The van der Waals surface area contributed by atoms with Gasteiger partial charge in [-0.05, 0) is 19.3 Å². The summed E-state index contributed by atoms with van der Waals surface area (Å²) in [5.74, 6) is 0.332. The molecule has 1 saturated carbocycles. The van der Waals surface area contributed by atoms with E-state index < -0.39 is 0 Å². The van der Waals surface area contributed by atoms with E-state index in [2.05, 4.69) is 20.3 Å². The molecule has 2 aromatic rings. The molecular formula is C13H16N4O2. The molecule has 6 heteroatoms. The molecule has 0 radical (unpaired) electrons. The summed E-state index contributed by atoms with van der Waals surface area (Å²) in [6, 6.07) is 0. The highest BCUT2D eigenvalue weighted by atomic mass is 16.3. The zero-order chi connectivity index (χ0) is 13.2. The van der Waals surface area contributed by atoms with Crippen LogP contribution in [0.25, 0.3) is 11.2 Å². The second kappa shape index (κ2) is 4.97. The minimum Gasteiger partial charge on any atom is -0.396 e. The van der Waals surface area contributed by atoms with Crippen molar-refractivity contribution in [3.05, 3.63) is 23.7 Å². The summed E-state index contributed by atoms with van der Waals surface area (Å²) >= 11 is 0. The molecular weight excluding hydrogens is 244 g/mol. The van der Waals surface area contributed by atoms with Crippen LogP contribution in [0.4, 0.5) is 0 Å². The van der Waals surface area contributed by atoms with Crippen molar-refractivity contribution < 1.29 is 9.90 Å². The Hall–Kier alpha value is -1.95. The SMILES string of the molecule is O=C(NCCCO)c1c[nH]c2ncc(C3CC3)nc12. The molecule has 2 aromatic heterocycles. The Labute approximate surface area is 110 Å². The van der Waals surface area contributed by atoms with Crippen LogP contribution in [0.3, 0.4) is 0 Å². The van der Waals surface area contributed by atoms with Crippen molar-refractivity contribution in [1.82, 2.24) is 20.3 Å². The number of aromatic amines is 1. The maximum absolute atomic E-state index is 12.0. The van der Waals surface area contributed by atoms with Gasteiger partial charge in [-0.2, -0.15) is 0 Å². The Balaban J connectivity index is 1.85. The van der Waals surface area contributed by atoms with Crippen LogP contribution in [0.2, 0.25) is 0 Å².